The first kappa shape index (κ1) is 15.0. The van der Waals surface area contributed by atoms with Gasteiger partial charge in [-0.05, 0) is 56.6 Å². The second-order valence-electron chi connectivity index (χ2n) is 5.41. The molecule has 0 saturated carbocycles. The maximum absolute atomic E-state index is 11.5. The fraction of sp³-hybridized carbons (Fsp3) is 0.588. The lowest BCUT2D eigenvalue weighted by Crippen LogP contribution is -2.31. The molecule has 1 aliphatic rings. The summed E-state index contributed by atoms with van der Waals surface area (Å²) in [5, 5.41) is 0. The van der Waals surface area contributed by atoms with Crippen LogP contribution in [-0.2, 0) is 0 Å². The molecule has 0 N–H and O–H groups in total. The normalized spacial score (nSPS) is 16.1. The van der Waals surface area contributed by atoms with Gasteiger partial charge in [0.25, 0.3) is 0 Å². The van der Waals surface area contributed by atoms with E-state index in [-0.39, 0.29) is 5.78 Å². The molecule has 1 fully saturated rings. The van der Waals surface area contributed by atoms with E-state index in [2.05, 4.69) is 4.90 Å². The Balaban J connectivity index is 1.67. The predicted molar refractivity (Wildman–Crippen MR) is 81.5 cm³/mol. The fourth-order valence-electron chi connectivity index (χ4n) is 2.60. The van der Waals surface area contributed by atoms with Crippen molar-refractivity contribution in [3.8, 4) is 5.75 Å². The van der Waals surface area contributed by atoms with Crippen LogP contribution in [-0.4, -0.2) is 36.9 Å². The van der Waals surface area contributed by atoms with Gasteiger partial charge in [0.1, 0.15) is 5.75 Å². The van der Waals surface area contributed by atoms with Gasteiger partial charge in [0, 0.05) is 18.5 Å². The van der Waals surface area contributed by atoms with E-state index in [1.54, 1.807) is 0 Å². The van der Waals surface area contributed by atoms with Crippen molar-refractivity contribution in [2.24, 2.45) is 0 Å². The van der Waals surface area contributed by atoms with Gasteiger partial charge in [0.2, 0.25) is 0 Å². The molecule has 0 aromatic heterocycles. The highest BCUT2D eigenvalue weighted by Crippen LogP contribution is 2.14. The van der Waals surface area contributed by atoms with Gasteiger partial charge in [-0.2, -0.15) is 0 Å². The molecule has 1 aromatic carbocycles. The van der Waals surface area contributed by atoms with Gasteiger partial charge in [-0.25, -0.2) is 0 Å². The third kappa shape index (κ3) is 4.64. The highest BCUT2D eigenvalue weighted by molar-refractivity contribution is 5.95. The van der Waals surface area contributed by atoms with Crippen LogP contribution in [0.25, 0.3) is 0 Å². The molecule has 1 saturated heterocycles. The Morgan fingerprint density at radius 2 is 1.85 bits per heavy atom. The number of piperidine rings is 1. The highest BCUT2D eigenvalue weighted by atomic mass is 16.5. The second-order valence-corrected chi connectivity index (χ2v) is 5.41. The van der Waals surface area contributed by atoms with E-state index in [0.717, 1.165) is 30.9 Å². The van der Waals surface area contributed by atoms with Gasteiger partial charge in [0.05, 0.1) is 6.61 Å². The van der Waals surface area contributed by atoms with Crippen LogP contribution in [0.1, 0.15) is 49.4 Å². The third-order valence-electron chi connectivity index (χ3n) is 3.83. The lowest BCUT2D eigenvalue weighted by molar-refractivity contribution is 0.0988. The van der Waals surface area contributed by atoms with Crippen LogP contribution >= 0.6 is 0 Å². The minimum Gasteiger partial charge on any atom is -0.494 e. The van der Waals surface area contributed by atoms with Crippen molar-refractivity contribution in [1.29, 1.82) is 0 Å². The maximum atomic E-state index is 11.5. The largest absolute Gasteiger partial charge is 0.494 e. The summed E-state index contributed by atoms with van der Waals surface area (Å²) in [5.41, 5.74) is 0.771. The van der Waals surface area contributed by atoms with E-state index in [1.165, 1.54) is 32.4 Å². The molecule has 2 rings (SSSR count). The molecule has 3 nitrogen and oxygen atoms in total. The number of rotatable bonds is 7. The topological polar surface area (TPSA) is 29.5 Å². The standard InChI is InChI=1S/C17H25NO2/c1-2-17(19)15-7-9-16(10-8-15)20-14-6-13-18-11-4-3-5-12-18/h7-10H,2-6,11-14H2,1H3. The summed E-state index contributed by atoms with van der Waals surface area (Å²) >= 11 is 0. The SMILES string of the molecule is CCC(=O)c1ccc(OCCCN2CCCCC2)cc1. The molecular formula is C17H25NO2. The van der Waals surface area contributed by atoms with Gasteiger partial charge < -0.3 is 9.64 Å². The second kappa shape index (κ2) is 8.05. The number of Topliss-reactive ketones (excluding diaryl/α,β-unsaturated/α-hetero) is 1. The van der Waals surface area contributed by atoms with E-state index >= 15 is 0 Å². The number of nitrogens with zero attached hydrogens (tertiary/aromatic N) is 1. The smallest absolute Gasteiger partial charge is 0.162 e. The summed E-state index contributed by atoms with van der Waals surface area (Å²) < 4.78 is 5.73. The average Bonchev–Trinajstić information content (AvgIpc) is 2.52. The summed E-state index contributed by atoms with van der Waals surface area (Å²) in [5.74, 6) is 1.04. The number of ether oxygens (including phenoxy) is 1. The van der Waals surface area contributed by atoms with Crippen molar-refractivity contribution in [3.05, 3.63) is 29.8 Å². The van der Waals surface area contributed by atoms with Crippen molar-refractivity contribution < 1.29 is 9.53 Å². The lowest BCUT2D eigenvalue weighted by atomic mass is 10.1. The number of ketones is 1. The molecule has 0 radical (unpaired) electrons. The zero-order valence-electron chi connectivity index (χ0n) is 12.4. The molecule has 1 aromatic rings. The highest BCUT2D eigenvalue weighted by Gasteiger charge is 2.09. The van der Waals surface area contributed by atoms with Crippen LogP contribution in [0.15, 0.2) is 24.3 Å². The van der Waals surface area contributed by atoms with Crippen LogP contribution in [0.2, 0.25) is 0 Å². The molecule has 0 amide bonds. The third-order valence-corrected chi connectivity index (χ3v) is 3.83. The quantitative estimate of drug-likeness (QED) is 0.563. The molecule has 0 atom stereocenters. The number of carbonyl (C=O) groups is 1. The van der Waals surface area contributed by atoms with E-state index in [4.69, 9.17) is 4.74 Å². The Morgan fingerprint density at radius 1 is 1.15 bits per heavy atom. The molecule has 1 aliphatic heterocycles. The summed E-state index contributed by atoms with van der Waals surface area (Å²) in [6.07, 6.45) is 5.68. The predicted octanol–water partition coefficient (Wildman–Crippen LogP) is 3.53. The van der Waals surface area contributed by atoms with Crippen molar-refractivity contribution in [1.82, 2.24) is 4.90 Å². The van der Waals surface area contributed by atoms with Gasteiger partial charge in [-0.15, -0.1) is 0 Å². The summed E-state index contributed by atoms with van der Waals surface area (Å²) in [4.78, 5) is 14.0. The van der Waals surface area contributed by atoms with Gasteiger partial charge in [-0.3, -0.25) is 4.79 Å². The average molecular weight is 275 g/mol. The Kier molecular flexibility index (Phi) is 6.06. The number of likely N-dealkylation sites (tertiary alicyclic amines) is 1. The summed E-state index contributed by atoms with van der Waals surface area (Å²) in [7, 11) is 0. The van der Waals surface area contributed by atoms with Crippen molar-refractivity contribution in [3.63, 3.8) is 0 Å². The molecule has 3 heteroatoms. The minimum absolute atomic E-state index is 0.182. The molecular weight excluding hydrogens is 250 g/mol. The Bertz CT molecular complexity index is 408. The maximum Gasteiger partial charge on any atom is 0.162 e. The number of hydrogen-bond donors (Lipinski definition) is 0. The molecule has 0 spiro atoms. The van der Waals surface area contributed by atoms with Gasteiger partial charge in [0.15, 0.2) is 5.78 Å². The van der Waals surface area contributed by atoms with E-state index in [0.29, 0.717) is 6.42 Å². The van der Waals surface area contributed by atoms with E-state index in [1.807, 2.05) is 31.2 Å². The Labute approximate surface area is 121 Å². The monoisotopic (exact) mass is 275 g/mol. The Morgan fingerprint density at radius 3 is 2.50 bits per heavy atom. The van der Waals surface area contributed by atoms with Crippen LogP contribution in [0.4, 0.5) is 0 Å². The molecule has 0 unspecified atom stereocenters. The zero-order valence-corrected chi connectivity index (χ0v) is 12.4. The molecule has 110 valence electrons. The van der Waals surface area contributed by atoms with Crippen LogP contribution in [0.3, 0.4) is 0 Å². The van der Waals surface area contributed by atoms with Gasteiger partial charge in [-0.1, -0.05) is 13.3 Å². The summed E-state index contributed by atoms with van der Waals surface area (Å²) in [6, 6.07) is 7.49. The molecule has 20 heavy (non-hydrogen) atoms. The van der Waals surface area contributed by atoms with Crippen molar-refractivity contribution >= 4 is 5.78 Å². The number of carbonyl (C=O) groups excluding carboxylic acids is 1. The van der Waals surface area contributed by atoms with Crippen LogP contribution in [0, 0.1) is 0 Å². The Hall–Kier alpha value is -1.35. The van der Waals surface area contributed by atoms with Crippen LogP contribution in [0.5, 0.6) is 5.75 Å². The van der Waals surface area contributed by atoms with Crippen molar-refractivity contribution in [2.75, 3.05) is 26.2 Å². The number of hydrogen-bond acceptors (Lipinski definition) is 3. The minimum atomic E-state index is 0.182. The van der Waals surface area contributed by atoms with E-state index in [9.17, 15) is 4.79 Å². The summed E-state index contributed by atoms with van der Waals surface area (Å²) in [6.45, 7) is 6.25. The first-order chi connectivity index (χ1) is 9.79. The first-order valence-electron chi connectivity index (χ1n) is 7.78. The first-order valence-corrected chi connectivity index (χ1v) is 7.78. The van der Waals surface area contributed by atoms with Crippen molar-refractivity contribution in [2.45, 2.75) is 39.0 Å². The number of benzene rings is 1. The molecule has 0 bridgehead atoms. The lowest BCUT2D eigenvalue weighted by Gasteiger charge is -2.26. The fourth-order valence-corrected chi connectivity index (χ4v) is 2.60. The van der Waals surface area contributed by atoms with Gasteiger partial charge >= 0.3 is 0 Å². The van der Waals surface area contributed by atoms with E-state index < -0.39 is 0 Å². The molecule has 0 aliphatic carbocycles. The van der Waals surface area contributed by atoms with Crippen LogP contribution < -0.4 is 4.74 Å². The molecule has 1 heterocycles. The zero-order chi connectivity index (χ0) is 14.2.